The van der Waals surface area contributed by atoms with Crippen LogP contribution in [0.1, 0.15) is 36.7 Å². The zero-order valence-corrected chi connectivity index (χ0v) is 15.5. The van der Waals surface area contributed by atoms with Crippen LogP contribution < -0.4 is 0 Å². The van der Waals surface area contributed by atoms with Gasteiger partial charge in [-0.2, -0.15) is 5.10 Å². The number of aryl methyl sites for hydroxylation is 1. The first-order valence-corrected chi connectivity index (χ1v) is 9.20. The van der Waals surface area contributed by atoms with Crippen LogP contribution in [0.4, 0.5) is 0 Å². The molecule has 1 aliphatic heterocycles. The molecular formula is C20H28N4O. The fraction of sp³-hybridized carbons (Fsp3) is 0.500. The minimum Gasteiger partial charge on any atom is -0.340 e. The smallest absolute Gasteiger partial charge is 0.222 e. The number of carbonyl (C=O) groups excluding carboxylic acids is 1. The molecule has 25 heavy (non-hydrogen) atoms. The van der Waals surface area contributed by atoms with Gasteiger partial charge in [0.05, 0.1) is 11.4 Å². The number of amides is 1. The Hall–Kier alpha value is -2.14. The lowest BCUT2D eigenvalue weighted by Gasteiger charge is -2.34. The molecule has 2 aromatic rings. The van der Waals surface area contributed by atoms with Crippen LogP contribution in [-0.2, 0) is 11.3 Å². The van der Waals surface area contributed by atoms with Gasteiger partial charge in [-0.3, -0.25) is 9.69 Å². The van der Waals surface area contributed by atoms with Crippen molar-refractivity contribution in [3.8, 4) is 5.69 Å². The van der Waals surface area contributed by atoms with E-state index in [1.165, 1.54) is 11.3 Å². The Balaban J connectivity index is 1.67. The normalized spacial score (nSPS) is 15.6. The molecule has 134 valence electrons. The monoisotopic (exact) mass is 340 g/mol. The van der Waals surface area contributed by atoms with Gasteiger partial charge >= 0.3 is 0 Å². The Morgan fingerprint density at radius 1 is 1.08 bits per heavy atom. The van der Waals surface area contributed by atoms with Crippen LogP contribution in [-0.4, -0.2) is 51.7 Å². The molecule has 1 aliphatic rings. The fourth-order valence-electron chi connectivity index (χ4n) is 3.48. The van der Waals surface area contributed by atoms with Crippen molar-refractivity contribution in [1.29, 1.82) is 0 Å². The SMILES string of the molecule is CCCC(=O)N1CCN(Cc2c(C)nn(-c3ccccc3)c2C)CC1. The molecule has 5 nitrogen and oxygen atoms in total. The Labute approximate surface area is 150 Å². The summed E-state index contributed by atoms with van der Waals surface area (Å²) in [6.07, 6.45) is 1.60. The molecule has 0 N–H and O–H groups in total. The van der Waals surface area contributed by atoms with E-state index in [0.29, 0.717) is 12.3 Å². The third kappa shape index (κ3) is 3.93. The first kappa shape index (κ1) is 17.7. The van der Waals surface area contributed by atoms with Crippen LogP contribution in [0.2, 0.25) is 0 Å². The second-order valence-corrected chi connectivity index (χ2v) is 6.80. The molecule has 0 atom stereocenters. The first-order chi connectivity index (χ1) is 12.1. The second-order valence-electron chi connectivity index (χ2n) is 6.80. The molecular weight excluding hydrogens is 312 g/mol. The van der Waals surface area contributed by atoms with Crippen LogP contribution in [0, 0.1) is 13.8 Å². The van der Waals surface area contributed by atoms with Crippen LogP contribution in [0.3, 0.4) is 0 Å². The van der Waals surface area contributed by atoms with Gasteiger partial charge in [-0.25, -0.2) is 4.68 Å². The van der Waals surface area contributed by atoms with Gasteiger partial charge in [-0.1, -0.05) is 25.1 Å². The van der Waals surface area contributed by atoms with Crippen molar-refractivity contribution in [3.05, 3.63) is 47.3 Å². The molecule has 3 rings (SSSR count). The van der Waals surface area contributed by atoms with Gasteiger partial charge in [0.1, 0.15) is 0 Å². The summed E-state index contributed by atoms with van der Waals surface area (Å²) in [5, 5.41) is 4.74. The number of rotatable bonds is 5. The van der Waals surface area contributed by atoms with Gasteiger partial charge in [0, 0.05) is 50.4 Å². The predicted molar refractivity (Wildman–Crippen MR) is 99.8 cm³/mol. The van der Waals surface area contributed by atoms with Gasteiger partial charge in [0.2, 0.25) is 5.91 Å². The highest BCUT2D eigenvalue weighted by Gasteiger charge is 2.22. The maximum atomic E-state index is 12.0. The highest BCUT2D eigenvalue weighted by Crippen LogP contribution is 2.20. The quantitative estimate of drug-likeness (QED) is 0.840. The summed E-state index contributed by atoms with van der Waals surface area (Å²) in [6, 6.07) is 10.3. The van der Waals surface area contributed by atoms with E-state index in [9.17, 15) is 4.79 Å². The third-order valence-corrected chi connectivity index (χ3v) is 5.01. The topological polar surface area (TPSA) is 41.4 Å². The van der Waals surface area contributed by atoms with Crippen LogP contribution in [0.15, 0.2) is 30.3 Å². The second kappa shape index (κ2) is 7.83. The average Bonchev–Trinajstić information content (AvgIpc) is 2.91. The summed E-state index contributed by atoms with van der Waals surface area (Å²) in [5.41, 5.74) is 4.69. The molecule has 5 heteroatoms. The van der Waals surface area contributed by atoms with Crippen molar-refractivity contribution in [2.45, 2.75) is 40.2 Å². The van der Waals surface area contributed by atoms with E-state index in [2.05, 4.69) is 37.8 Å². The van der Waals surface area contributed by atoms with E-state index >= 15 is 0 Å². The van der Waals surface area contributed by atoms with Gasteiger partial charge in [-0.15, -0.1) is 0 Å². The summed E-state index contributed by atoms with van der Waals surface area (Å²) in [5.74, 6) is 0.298. The van der Waals surface area contributed by atoms with E-state index in [0.717, 1.165) is 50.5 Å². The zero-order valence-electron chi connectivity index (χ0n) is 15.5. The van der Waals surface area contributed by atoms with Crippen LogP contribution >= 0.6 is 0 Å². The van der Waals surface area contributed by atoms with Crippen LogP contribution in [0.25, 0.3) is 5.69 Å². The maximum absolute atomic E-state index is 12.0. The summed E-state index contributed by atoms with van der Waals surface area (Å²) in [6.45, 7) is 10.7. The minimum atomic E-state index is 0.298. The fourth-order valence-corrected chi connectivity index (χ4v) is 3.48. The van der Waals surface area contributed by atoms with Crippen LogP contribution in [0.5, 0.6) is 0 Å². The van der Waals surface area contributed by atoms with E-state index in [1.807, 2.05) is 27.8 Å². The number of piperazine rings is 1. The standard InChI is InChI=1S/C20H28N4O/c1-4-8-20(25)23-13-11-22(12-14-23)15-19-16(2)21-24(17(19)3)18-9-6-5-7-10-18/h5-7,9-10H,4,8,11-15H2,1-3H3. The van der Waals surface area contributed by atoms with Crippen molar-refractivity contribution in [2.24, 2.45) is 0 Å². The van der Waals surface area contributed by atoms with E-state index in [4.69, 9.17) is 5.10 Å². The highest BCUT2D eigenvalue weighted by atomic mass is 16.2. The number of hydrogen-bond acceptors (Lipinski definition) is 3. The average molecular weight is 340 g/mol. The summed E-state index contributed by atoms with van der Waals surface area (Å²) >= 11 is 0. The van der Waals surface area contributed by atoms with E-state index < -0.39 is 0 Å². The summed E-state index contributed by atoms with van der Waals surface area (Å²) in [7, 11) is 0. The van der Waals surface area contributed by atoms with Gasteiger partial charge < -0.3 is 4.90 Å². The highest BCUT2D eigenvalue weighted by molar-refractivity contribution is 5.76. The molecule has 1 saturated heterocycles. The number of nitrogens with zero attached hydrogens (tertiary/aromatic N) is 4. The molecule has 1 aromatic carbocycles. The van der Waals surface area contributed by atoms with E-state index in [1.54, 1.807) is 0 Å². The maximum Gasteiger partial charge on any atom is 0.222 e. The van der Waals surface area contributed by atoms with Gasteiger partial charge in [-0.05, 0) is 32.4 Å². The summed E-state index contributed by atoms with van der Waals surface area (Å²) < 4.78 is 2.03. The molecule has 0 aliphatic carbocycles. The van der Waals surface area contributed by atoms with Crippen molar-refractivity contribution in [1.82, 2.24) is 19.6 Å². The van der Waals surface area contributed by atoms with Crippen molar-refractivity contribution in [3.63, 3.8) is 0 Å². The Kier molecular flexibility index (Phi) is 5.53. The number of para-hydroxylation sites is 1. The lowest BCUT2D eigenvalue weighted by molar-refractivity contribution is -0.133. The molecule has 0 unspecified atom stereocenters. The molecule has 0 radical (unpaired) electrons. The molecule has 1 fully saturated rings. The Bertz CT molecular complexity index is 715. The lowest BCUT2D eigenvalue weighted by atomic mass is 10.1. The number of carbonyl (C=O) groups is 1. The summed E-state index contributed by atoms with van der Waals surface area (Å²) in [4.78, 5) is 16.5. The minimum absolute atomic E-state index is 0.298. The Morgan fingerprint density at radius 2 is 1.76 bits per heavy atom. The predicted octanol–water partition coefficient (Wildman–Crippen LogP) is 2.93. The molecule has 0 spiro atoms. The molecule has 2 heterocycles. The van der Waals surface area contributed by atoms with Crippen molar-refractivity contribution >= 4 is 5.91 Å². The van der Waals surface area contributed by atoms with Gasteiger partial charge in [0.15, 0.2) is 0 Å². The number of benzene rings is 1. The van der Waals surface area contributed by atoms with Gasteiger partial charge in [0.25, 0.3) is 0 Å². The molecule has 1 aromatic heterocycles. The van der Waals surface area contributed by atoms with E-state index in [-0.39, 0.29) is 0 Å². The molecule has 0 bridgehead atoms. The zero-order chi connectivity index (χ0) is 17.8. The number of aromatic nitrogens is 2. The third-order valence-electron chi connectivity index (χ3n) is 5.01. The molecule has 1 amide bonds. The van der Waals surface area contributed by atoms with Crippen molar-refractivity contribution in [2.75, 3.05) is 26.2 Å². The lowest BCUT2D eigenvalue weighted by Crippen LogP contribution is -2.48. The molecule has 0 saturated carbocycles. The number of hydrogen-bond donors (Lipinski definition) is 0. The largest absolute Gasteiger partial charge is 0.340 e. The first-order valence-electron chi connectivity index (χ1n) is 9.20. The van der Waals surface area contributed by atoms with Crippen molar-refractivity contribution < 1.29 is 4.79 Å². The Morgan fingerprint density at radius 3 is 2.40 bits per heavy atom.